The van der Waals surface area contributed by atoms with Crippen molar-refractivity contribution in [1.29, 1.82) is 0 Å². The van der Waals surface area contributed by atoms with E-state index < -0.39 is 0 Å². The van der Waals surface area contributed by atoms with Crippen LogP contribution in [0.5, 0.6) is 0 Å². The molecule has 0 radical (unpaired) electrons. The molecule has 2 heteroatoms. The highest BCUT2D eigenvalue weighted by Gasteiger charge is 2.16. The zero-order valence-electron chi connectivity index (χ0n) is 23.2. The van der Waals surface area contributed by atoms with E-state index in [1.165, 1.54) is 161 Å². The Morgan fingerprint density at radius 1 is 0.515 bits per heavy atom. The third-order valence-electron chi connectivity index (χ3n) is 7.35. The lowest BCUT2D eigenvalue weighted by Crippen LogP contribution is -2.37. The van der Waals surface area contributed by atoms with Gasteiger partial charge in [-0.2, -0.15) is 0 Å². The fourth-order valence-corrected chi connectivity index (χ4v) is 5.06. The van der Waals surface area contributed by atoms with E-state index >= 15 is 0 Å². The number of nitrogens with zero attached hydrogens (tertiary/aromatic N) is 2. The second-order valence-corrected chi connectivity index (χ2v) is 10.6. The van der Waals surface area contributed by atoms with E-state index in [2.05, 4.69) is 42.3 Å². The molecule has 0 aliphatic carbocycles. The number of rotatable bonds is 25. The lowest BCUT2D eigenvalue weighted by molar-refractivity contribution is -0.704. The molecule has 1 rings (SSSR count). The lowest BCUT2D eigenvalue weighted by atomic mass is 10.0. The average Bonchev–Trinajstić information content (AvgIpc) is 3.21. The van der Waals surface area contributed by atoms with Gasteiger partial charge in [-0.05, 0) is 25.7 Å². The van der Waals surface area contributed by atoms with E-state index in [0.29, 0.717) is 0 Å². The maximum atomic E-state index is 2.55. The smallest absolute Gasteiger partial charge is 0.234 e. The molecule has 0 aliphatic heterocycles. The van der Waals surface area contributed by atoms with Crippen molar-refractivity contribution in [3.05, 3.63) is 18.2 Å². The van der Waals surface area contributed by atoms with Gasteiger partial charge in [0.2, 0.25) is 0 Å². The first kappa shape index (κ1) is 30.2. The molecule has 1 aromatic rings. The van der Waals surface area contributed by atoms with Crippen molar-refractivity contribution in [3.63, 3.8) is 0 Å². The van der Waals surface area contributed by atoms with Crippen molar-refractivity contribution in [2.75, 3.05) is 0 Å². The summed E-state index contributed by atoms with van der Waals surface area (Å²) in [6, 6.07) is 0. The summed E-state index contributed by atoms with van der Waals surface area (Å²) in [4.78, 5) is 0. The standard InChI is InChI=1S/C31H61N2/c1-4-7-10-11-12-13-14-15-16-17-18-19-20-21-22-23-24-26-31-32(27-9-6-3)29-30-33(31)28-25-8-5-2/h29-30H,4-28H2,1-3H3/q+1. The number of imidazole rings is 1. The Balaban J connectivity index is 2.01. The van der Waals surface area contributed by atoms with Gasteiger partial charge < -0.3 is 0 Å². The summed E-state index contributed by atoms with van der Waals surface area (Å²) < 4.78 is 5.10. The summed E-state index contributed by atoms with van der Waals surface area (Å²) in [5, 5.41) is 0. The third kappa shape index (κ3) is 16.5. The van der Waals surface area contributed by atoms with E-state index in [0.717, 1.165) is 0 Å². The molecule has 0 N–H and O–H groups in total. The molecule has 0 spiro atoms. The van der Waals surface area contributed by atoms with Crippen LogP contribution in [0.4, 0.5) is 0 Å². The molecule has 194 valence electrons. The average molecular weight is 462 g/mol. The normalized spacial score (nSPS) is 11.5. The Morgan fingerprint density at radius 3 is 1.42 bits per heavy atom. The van der Waals surface area contributed by atoms with Gasteiger partial charge >= 0.3 is 0 Å². The Labute approximate surface area is 208 Å². The Hall–Kier alpha value is -0.790. The summed E-state index contributed by atoms with van der Waals surface area (Å²) >= 11 is 0. The zero-order chi connectivity index (χ0) is 23.8. The summed E-state index contributed by atoms with van der Waals surface area (Å²) in [5.74, 6) is 1.58. The fourth-order valence-electron chi connectivity index (χ4n) is 5.06. The quantitative estimate of drug-likeness (QED) is 0.101. The number of aromatic nitrogens is 2. The zero-order valence-corrected chi connectivity index (χ0v) is 23.2. The van der Waals surface area contributed by atoms with Crippen LogP contribution < -0.4 is 4.57 Å². The van der Waals surface area contributed by atoms with Crippen molar-refractivity contribution in [2.24, 2.45) is 0 Å². The summed E-state index contributed by atoms with van der Waals surface area (Å²) in [6.45, 7) is 9.32. The molecule has 0 fully saturated rings. The van der Waals surface area contributed by atoms with Crippen LogP contribution in [0.15, 0.2) is 12.4 Å². The first-order valence-electron chi connectivity index (χ1n) is 15.4. The number of hydrogen-bond acceptors (Lipinski definition) is 0. The molecule has 0 bridgehead atoms. The van der Waals surface area contributed by atoms with Crippen LogP contribution in [0.3, 0.4) is 0 Å². The molecule has 0 atom stereocenters. The summed E-state index contributed by atoms with van der Waals surface area (Å²) in [7, 11) is 0. The minimum Gasteiger partial charge on any atom is -0.234 e. The summed E-state index contributed by atoms with van der Waals surface area (Å²) in [6.07, 6.45) is 37.2. The molecule has 33 heavy (non-hydrogen) atoms. The van der Waals surface area contributed by atoms with E-state index in [1.54, 1.807) is 5.82 Å². The van der Waals surface area contributed by atoms with Gasteiger partial charge in [-0.25, -0.2) is 9.13 Å². The number of hydrogen-bond donors (Lipinski definition) is 0. The lowest BCUT2D eigenvalue weighted by Gasteiger charge is -2.06. The second-order valence-electron chi connectivity index (χ2n) is 10.6. The van der Waals surface area contributed by atoms with Crippen LogP contribution in [0.25, 0.3) is 0 Å². The minimum absolute atomic E-state index is 1.20. The molecule has 1 heterocycles. The first-order valence-corrected chi connectivity index (χ1v) is 15.4. The van der Waals surface area contributed by atoms with Crippen LogP contribution in [0.1, 0.15) is 168 Å². The monoisotopic (exact) mass is 461 g/mol. The molecular weight excluding hydrogens is 400 g/mol. The largest absolute Gasteiger partial charge is 0.256 e. The highest BCUT2D eigenvalue weighted by Crippen LogP contribution is 2.15. The van der Waals surface area contributed by atoms with Gasteiger partial charge in [0.15, 0.2) is 0 Å². The molecule has 0 aliphatic rings. The fraction of sp³-hybridized carbons (Fsp3) is 0.903. The molecule has 2 nitrogen and oxygen atoms in total. The van der Waals surface area contributed by atoms with Crippen molar-refractivity contribution in [2.45, 2.75) is 182 Å². The van der Waals surface area contributed by atoms with E-state index in [9.17, 15) is 0 Å². The maximum absolute atomic E-state index is 2.55. The minimum atomic E-state index is 1.20. The van der Waals surface area contributed by atoms with Gasteiger partial charge in [0.25, 0.3) is 5.82 Å². The molecule has 0 aromatic carbocycles. The molecule has 0 saturated carbocycles. The van der Waals surface area contributed by atoms with Crippen molar-refractivity contribution in [3.8, 4) is 0 Å². The number of aryl methyl sites for hydroxylation is 2. The van der Waals surface area contributed by atoms with Gasteiger partial charge in [0.1, 0.15) is 12.4 Å². The molecule has 1 aromatic heterocycles. The van der Waals surface area contributed by atoms with Gasteiger partial charge in [-0.15, -0.1) is 0 Å². The maximum Gasteiger partial charge on any atom is 0.256 e. The van der Waals surface area contributed by atoms with Gasteiger partial charge in [0, 0.05) is 6.42 Å². The van der Waals surface area contributed by atoms with E-state index in [1.807, 2.05) is 0 Å². The van der Waals surface area contributed by atoms with Crippen molar-refractivity contribution < 1.29 is 4.57 Å². The van der Waals surface area contributed by atoms with Crippen LogP contribution in [0.2, 0.25) is 0 Å². The van der Waals surface area contributed by atoms with Crippen LogP contribution in [-0.4, -0.2) is 4.57 Å². The predicted octanol–water partition coefficient (Wildman–Crippen LogP) is 9.96. The predicted molar refractivity (Wildman–Crippen MR) is 147 cm³/mol. The third-order valence-corrected chi connectivity index (χ3v) is 7.35. The van der Waals surface area contributed by atoms with Crippen LogP contribution >= 0.6 is 0 Å². The molecule has 0 amide bonds. The number of unbranched alkanes of at least 4 members (excludes halogenated alkanes) is 19. The van der Waals surface area contributed by atoms with Gasteiger partial charge in [-0.3, -0.25) is 0 Å². The Kier molecular flexibility index (Phi) is 21.1. The van der Waals surface area contributed by atoms with Gasteiger partial charge in [0.05, 0.1) is 13.1 Å². The SMILES string of the molecule is CCCCCCCCCCCCCCCCCCCc1n(CCCCC)cc[n+]1CCCC. The van der Waals surface area contributed by atoms with Crippen molar-refractivity contribution >= 4 is 0 Å². The van der Waals surface area contributed by atoms with Crippen molar-refractivity contribution in [1.82, 2.24) is 4.57 Å². The van der Waals surface area contributed by atoms with Crippen LogP contribution in [-0.2, 0) is 19.5 Å². The highest BCUT2D eigenvalue weighted by molar-refractivity contribution is 4.84. The topological polar surface area (TPSA) is 8.81 Å². The Morgan fingerprint density at radius 2 is 0.939 bits per heavy atom. The van der Waals surface area contributed by atoms with E-state index in [4.69, 9.17) is 0 Å². The second kappa shape index (κ2) is 23.0. The van der Waals surface area contributed by atoms with E-state index in [-0.39, 0.29) is 0 Å². The molecule has 0 unspecified atom stereocenters. The first-order chi connectivity index (χ1) is 16.3. The molecule has 0 saturated heterocycles. The van der Waals surface area contributed by atoms with Crippen LogP contribution in [0, 0.1) is 0 Å². The summed E-state index contributed by atoms with van der Waals surface area (Å²) in [5.41, 5.74) is 0. The Bertz CT molecular complexity index is 519. The highest BCUT2D eigenvalue weighted by atomic mass is 15.1. The molecular formula is C31H61N2+. The van der Waals surface area contributed by atoms with Gasteiger partial charge in [-0.1, -0.05) is 136 Å².